The molecule has 0 radical (unpaired) electrons. The van der Waals surface area contributed by atoms with E-state index in [4.69, 9.17) is 9.15 Å². The first-order valence-corrected chi connectivity index (χ1v) is 9.61. The Morgan fingerprint density at radius 3 is 2.52 bits per heavy atom. The Hall–Kier alpha value is -2.02. The summed E-state index contributed by atoms with van der Waals surface area (Å²) < 4.78 is 10.8. The van der Waals surface area contributed by atoms with E-state index < -0.39 is 0 Å². The van der Waals surface area contributed by atoms with Crippen molar-refractivity contribution >= 4 is 17.7 Å². The molecule has 2 fully saturated rings. The predicted octanol–water partition coefficient (Wildman–Crippen LogP) is 3.14. The maximum atomic E-state index is 12.2. The number of carbonyl (C=O) groups is 1. The van der Waals surface area contributed by atoms with E-state index in [-0.39, 0.29) is 5.91 Å². The van der Waals surface area contributed by atoms with Gasteiger partial charge < -0.3 is 14.5 Å². The lowest BCUT2D eigenvalue weighted by Crippen LogP contribution is -2.39. The Bertz CT molecular complexity index is 726. The number of ether oxygens (including phenoxy) is 1. The molecule has 25 heavy (non-hydrogen) atoms. The van der Waals surface area contributed by atoms with Gasteiger partial charge in [0, 0.05) is 11.6 Å². The molecule has 2 aliphatic rings. The number of methoxy groups -OCH3 is 1. The lowest BCUT2D eigenvalue weighted by Gasteiger charge is -2.17. The number of benzene rings is 1. The molecule has 1 N–H and O–H groups in total. The average Bonchev–Trinajstić information content (AvgIpc) is 3.57. The van der Waals surface area contributed by atoms with Gasteiger partial charge >= 0.3 is 0 Å². The zero-order chi connectivity index (χ0) is 17.2. The van der Waals surface area contributed by atoms with Gasteiger partial charge in [-0.15, -0.1) is 10.2 Å². The fourth-order valence-corrected chi connectivity index (χ4v) is 3.58. The fraction of sp³-hybridized carbons (Fsp3) is 0.500. The summed E-state index contributed by atoms with van der Waals surface area (Å²) >= 11 is 1.28. The van der Waals surface area contributed by atoms with Gasteiger partial charge in [0.1, 0.15) is 5.75 Å². The van der Waals surface area contributed by atoms with E-state index >= 15 is 0 Å². The van der Waals surface area contributed by atoms with Gasteiger partial charge in [0.2, 0.25) is 11.8 Å². The second-order valence-electron chi connectivity index (χ2n) is 6.66. The minimum Gasteiger partial charge on any atom is -0.497 e. The Balaban J connectivity index is 1.30. The number of nitrogens with one attached hydrogen (secondary N) is 1. The molecule has 4 rings (SSSR count). The van der Waals surface area contributed by atoms with Gasteiger partial charge in [0.25, 0.3) is 5.22 Å². The van der Waals surface area contributed by atoms with Gasteiger partial charge in [0.15, 0.2) is 0 Å². The molecule has 1 amide bonds. The van der Waals surface area contributed by atoms with Gasteiger partial charge in [-0.2, -0.15) is 0 Å². The van der Waals surface area contributed by atoms with Crippen LogP contribution in [0.2, 0.25) is 0 Å². The molecular weight excluding hydrogens is 338 g/mol. The summed E-state index contributed by atoms with van der Waals surface area (Å²) in [5, 5.41) is 11.7. The van der Waals surface area contributed by atoms with E-state index in [2.05, 4.69) is 15.5 Å². The van der Waals surface area contributed by atoms with E-state index in [1.807, 2.05) is 24.3 Å². The monoisotopic (exact) mass is 359 g/mol. The molecule has 1 heterocycles. The summed E-state index contributed by atoms with van der Waals surface area (Å²) in [6.07, 6.45) is 5.01. The van der Waals surface area contributed by atoms with Crippen LogP contribution >= 0.6 is 11.8 Å². The highest BCUT2D eigenvalue weighted by Crippen LogP contribution is 2.44. The van der Waals surface area contributed by atoms with E-state index in [1.165, 1.54) is 37.4 Å². The molecule has 1 aromatic heterocycles. The van der Waals surface area contributed by atoms with Crippen LogP contribution in [-0.4, -0.2) is 35.0 Å². The number of aromatic nitrogens is 2. The fourth-order valence-electron chi connectivity index (χ4n) is 3.00. The summed E-state index contributed by atoms with van der Waals surface area (Å²) in [6.45, 7) is 0. The molecule has 0 aliphatic heterocycles. The first-order valence-electron chi connectivity index (χ1n) is 8.63. The second-order valence-corrected chi connectivity index (χ2v) is 7.59. The van der Waals surface area contributed by atoms with Crippen molar-refractivity contribution in [2.24, 2.45) is 11.8 Å². The Morgan fingerprint density at radius 2 is 1.92 bits per heavy atom. The molecule has 0 saturated heterocycles. The SMILES string of the molecule is COc1ccc(-c2nnc(SCC(=O)NC(C3CC3)C3CC3)o2)cc1. The standard InChI is InChI=1S/C18H21N3O3S/c1-23-14-8-6-13(7-9-14)17-20-21-18(24-17)25-10-15(22)19-16(11-2-3-11)12-4-5-12/h6-9,11-12,16H,2-5,10H2,1H3,(H,19,22). The van der Waals surface area contributed by atoms with Gasteiger partial charge in [-0.3, -0.25) is 4.79 Å². The Morgan fingerprint density at radius 1 is 1.24 bits per heavy atom. The molecule has 2 saturated carbocycles. The lowest BCUT2D eigenvalue weighted by atomic mass is 10.1. The topological polar surface area (TPSA) is 77.2 Å². The number of thioether (sulfide) groups is 1. The molecule has 6 nitrogen and oxygen atoms in total. The first-order chi connectivity index (χ1) is 12.2. The van der Waals surface area contributed by atoms with Crippen LogP contribution in [0.15, 0.2) is 33.9 Å². The summed E-state index contributed by atoms with van der Waals surface area (Å²) in [7, 11) is 1.62. The van der Waals surface area contributed by atoms with Gasteiger partial charge in [-0.25, -0.2) is 0 Å². The summed E-state index contributed by atoms with van der Waals surface area (Å²) in [5.41, 5.74) is 0.826. The maximum absolute atomic E-state index is 12.2. The molecule has 7 heteroatoms. The molecule has 2 aromatic rings. The van der Waals surface area contributed by atoms with E-state index in [0.717, 1.165) is 11.3 Å². The quantitative estimate of drug-likeness (QED) is 0.730. The van der Waals surface area contributed by atoms with E-state index in [0.29, 0.717) is 34.7 Å². The third-order valence-electron chi connectivity index (χ3n) is 4.66. The normalized spacial score (nSPS) is 16.9. The number of hydrogen-bond acceptors (Lipinski definition) is 6. The predicted molar refractivity (Wildman–Crippen MR) is 94.4 cm³/mol. The Kier molecular flexibility index (Phi) is 4.65. The van der Waals surface area contributed by atoms with Gasteiger partial charge in [0.05, 0.1) is 12.9 Å². The summed E-state index contributed by atoms with van der Waals surface area (Å²) in [4.78, 5) is 12.2. The first kappa shape index (κ1) is 16.4. The van der Waals surface area contributed by atoms with Crippen molar-refractivity contribution in [1.82, 2.24) is 15.5 Å². The molecule has 132 valence electrons. The highest BCUT2D eigenvalue weighted by atomic mass is 32.2. The van der Waals surface area contributed by atoms with Crippen molar-refractivity contribution < 1.29 is 13.9 Å². The zero-order valence-electron chi connectivity index (χ0n) is 14.1. The van der Waals surface area contributed by atoms with Crippen LogP contribution < -0.4 is 10.1 Å². The minimum absolute atomic E-state index is 0.0537. The molecule has 0 bridgehead atoms. The smallest absolute Gasteiger partial charge is 0.277 e. The molecule has 2 aliphatic carbocycles. The molecule has 0 unspecified atom stereocenters. The van der Waals surface area contributed by atoms with Crippen LogP contribution in [-0.2, 0) is 4.79 Å². The van der Waals surface area contributed by atoms with Crippen LogP contribution in [0.4, 0.5) is 0 Å². The maximum Gasteiger partial charge on any atom is 0.277 e. The van der Waals surface area contributed by atoms with Crippen molar-refractivity contribution in [3.63, 3.8) is 0 Å². The number of carbonyl (C=O) groups excluding carboxylic acids is 1. The highest BCUT2D eigenvalue weighted by Gasteiger charge is 2.42. The third kappa shape index (κ3) is 4.15. The zero-order valence-corrected chi connectivity index (χ0v) is 14.9. The van der Waals surface area contributed by atoms with Crippen molar-refractivity contribution in [3.8, 4) is 17.2 Å². The summed E-state index contributed by atoms with van der Waals surface area (Å²) in [5.74, 6) is 2.98. The number of hydrogen-bond donors (Lipinski definition) is 1. The molecule has 0 spiro atoms. The van der Waals surface area contributed by atoms with Crippen molar-refractivity contribution in [2.45, 2.75) is 36.9 Å². The van der Waals surface area contributed by atoms with E-state index in [9.17, 15) is 4.79 Å². The highest BCUT2D eigenvalue weighted by molar-refractivity contribution is 7.99. The summed E-state index contributed by atoms with van der Waals surface area (Å²) in [6, 6.07) is 7.80. The van der Waals surface area contributed by atoms with Gasteiger partial charge in [-0.05, 0) is 61.8 Å². The second kappa shape index (κ2) is 7.07. The minimum atomic E-state index is 0.0537. The molecular formula is C18H21N3O3S. The van der Waals surface area contributed by atoms with Crippen LogP contribution in [0.5, 0.6) is 5.75 Å². The lowest BCUT2D eigenvalue weighted by molar-refractivity contribution is -0.119. The van der Waals surface area contributed by atoms with Crippen molar-refractivity contribution in [3.05, 3.63) is 24.3 Å². The van der Waals surface area contributed by atoms with Crippen LogP contribution in [0.1, 0.15) is 25.7 Å². The van der Waals surface area contributed by atoms with Crippen molar-refractivity contribution in [2.75, 3.05) is 12.9 Å². The molecule has 1 aromatic carbocycles. The third-order valence-corrected chi connectivity index (χ3v) is 5.48. The van der Waals surface area contributed by atoms with Crippen LogP contribution in [0, 0.1) is 11.8 Å². The number of amides is 1. The van der Waals surface area contributed by atoms with Gasteiger partial charge in [-0.1, -0.05) is 11.8 Å². The Labute approximate surface area is 150 Å². The van der Waals surface area contributed by atoms with Crippen LogP contribution in [0.3, 0.4) is 0 Å². The number of rotatable bonds is 8. The van der Waals surface area contributed by atoms with Crippen molar-refractivity contribution in [1.29, 1.82) is 0 Å². The largest absolute Gasteiger partial charge is 0.497 e. The van der Waals surface area contributed by atoms with Crippen LogP contribution in [0.25, 0.3) is 11.5 Å². The van der Waals surface area contributed by atoms with E-state index in [1.54, 1.807) is 7.11 Å². The molecule has 0 atom stereocenters. The number of nitrogens with zero attached hydrogens (tertiary/aromatic N) is 2. The average molecular weight is 359 g/mol.